The first kappa shape index (κ1) is 16.2. The Kier molecular flexibility index (Phi) is 5.44. The molecule has 1 atom stereocenters. The van der Waals surface area contributed by atoms with Gasteiger partial charge in [0, 0.05) is 16.8 Å². The molecule has 0 heterocycles. The summed E-state index contributed by atoms with van der Waals surface area (Å²) in [4.78, 5) is 0. The van der Waals surface area contributed by atoms with Gasteiger partial charge in [-0.15, -0.1) is 0 Å². The maximum atomic E-state index is 13.8. The Morgan fingerprint density at radius 2 is 1.09 bits per heavy atom. The molecule has 1 nitrogen and oxygen atoms in total. The van der Waals surface area contributed by atoms with Crippen LogP contribution in [0, 0.1) is 0 Å². The van der Waals surface area contributed by atoms with Crippen LogP contribution >= 0.6 is 15.7 Å². The van der Waals surface area contributed by atoms with E-state index in [1.165, 1.54) is 5.30 Å². The summed E-state index contributed by atoms with van der Waals surface area (Å²) in [6.45, 7) is 0. The van der Waals surface area contributed by atoms with E-state index >= 15 is 0 Å². The van der Waals surface area contributed by atoms with Gasteiger partial charge in [0.1, 0.15) is 7.14 Å². The van der Waals surface area contributed by atoms with Crippen LogP contribution in [0.4, 0.5) is 0 Å². The van der Waals surface area contributed by atoms with Gasteiger partial charge in [-0.25, -0.2) is 0 Å². The highest BCUT2D eigenvalue weighted by atomic mass is 31.2. The quantitative estimate of drug-likeness (QED) is 0.621. The number of hydrogen-bond acceptors (Lipinski definition) is 1. The molecule has 0 N–H and O–H groups in total. The second kappa shape index (κ2) is 7.73. The van der Waals surface area contributed by atoms with Crippen LogP contribution in [-0.4, -0.2) is 12.3 Å². The molecule has 0 amide bonds. The van der Waals surface area contributed by atoms with Gasteiger partial charge in [-0.3, -0.25) is 0 Å². The number of rotatable bonds is 6. The van der Waals surface area contributed by atoms with Crippen LogP contribution in [0.25, 0.3) is 0 Å². The Labute approximate surface area is 139 Å². The average molecular weight is 338 g/mol. The molecular weight excluding hydrogens is 318 g/mol. The molecule has 3 aromatic rings. The molecule has 0 aliphatic carbocycles. The van der Waals surface area contributed by atoms with E-state index in [-0.39, 0.29) is 0 Å². The average Bonchev–Trinajstić information content (AvgIpc) is 2.64. The third-order valence-corrected chi connectivity index (χ3v) is 8.66. The number of hydrogen-bond donors (Lipinski definition) is 0. The maximum absolute atomic E-state index is 13.8. The molecule has 0 spiro atoms. The van der Waals surface area contributed by atoms with Gasteiger partial charge in [-0.1, -0.05) is 99.6 Å². The van der Waals surface area contributed by atoms with E-state index in [2.05, 4.69) is 24.3 Å². The molecule has 3 heteroatoms. The lowest BCUT2D eigenvalue weighted by Crippen LogP contribution is -2.19. The van der Waals surface area contributed by atoms with Gasteiger partial charge in [0.25, 0.3) is 0 Å². The predicted molar refractivity (Wildman–Crippen MR) is 104 cm³/mol. The summed E-state index contributed by atoms with van der Waals surface area (Å²) in [5.41, 5.74) is 0. The third-order valence-electron chi connectivity index (χ3n) is 3.88. The highest BCUT2D eigenvalue weighted by Gasteiger charge is 2.26. The fourth-order valence-electron chi connectivity index (χ4n) is 2.66. The molecule has 116 valence electrons. The standard InChI is InChI=1S/C20H20OP2/c21-23(19-12-6-2-7-13-19,20-14-8-3-9-15-20)17-16-22-18-10-4-1-5-11-18/h1-15,22H,16-17H2. The largest absolute Gasteiger partial charge is 0.314 e. The van der Waals surface area contributed by atoms with Crippen molar-refractivity contribution >= 4 is 31.6 Å². The monoisotopic (exact) mass is 338 g/mol. The summed E-state index contributed by atoms with van der Waals surface area (Å²) >= 11 is 0. The van der Waals surface area contributed by atoms with Crippen molar-refractivity contribution in [2.45, 2.75) is 0 Å². The van der Waals surface area contributed by atoms with Crippen molar-refractivity contribution in [3.8, 4) is 0 Å². The molecule has 0 saturated carbocycles. The first-order valence-electron chi connectivity index (χ1n) is 7.78. The molecule has 0 aliphatic rings. The van der Waals surface area contributed by atoms with Crippen LogP contribution in [0.2, 0.25) is 0 Å². The summed E-state index contributed by atoms with van der Waals surface area (Å²) < 4.78 is 13.8. The van der Waals surface area contributed by atoms with E-state index in [9.17, 15) is 4.57 Å². The molecule has 23 heavy (non-hydrogen) atoms. The van der Waals surface area contributed by atoms with Crippen molar-refractivity contribution in [1.29, 1.82) is 0 Å². The first-order chi connectivity index (χ1) is 11.3. The Morgan fingerprint density at radius 1 is 0.652 bits per heavy atom. The highest BCUT2D eigenvalue weighted by Crippen LogP contribution is 2.44. The Morgan fingerprint density at radius 3 is 1.57 bits per heavy atom. The minimum Gasteiger partial charge on any atom is -0.314 e. The van der Waals surface area contributed by atoms with Crippen molar-refractivity contribution in [3.05, 3.63) is 91.0 Å². The summed E-state index contributed by atoms with van der Waals surface area (Å²) in [6, 6.07) is 30.3. The first-order valence-corrected chi connectivity index (χ1v) is 10.9. The normalized spacial score (nSPS) is 11.8. The fraction of sp³-hybridized carbons (Fsp3) is 0.100. The minimum absolute atomic E-state index is 0.696. The lowest BCUT2D eigenvalue weighted by Gasteiger charge is -2.19. The van der Waals surface area contributed by atoms with E-state index in [0.717, 1.165) is 16.8 Å². The van der Waals surface area contributed by atoms with Crippen molar-refractivity contribution in [3.63, 3.8) is 0 Å². The van der Waals surface area contributed by atoms with Gasteiger partial charge >= 0.3 is 0 Å². The molecule has 0 bridgehead atoms. The minimum atomic E-state index is -2.55. The topological polar surface area (TPSA) is 17.1 Å². The smallest absolute Gasteiger partial charge is 0.143 e. The van der Waals surface area contributed by atoms with Crippen molar-refractivity contribution in [1.82, 2.24) is 0 Å². The van der Waals surface area contributed by atoms with Crippen molar-refractivity contribution in [2.24, 2.45) is 0 Å². The van der Waals surface area contributed by atoms with Crippen LogP contribution in [-0.2, 0) is 4.57 Å². The molecule has 3 aromatic carbocycles. The summed E-state index contributed by atoms with van der Waals surface area (Å²) in [6.07, 6.45) is 1.67. The van der Waals surface area contributed by atoms with E-state index in [0.29, 0.717) is 14.7 Å². The second-order valence-corrected chi connectivity index (χ2v) is 9.82. The van der Waals surface area contributed by atoms with Crippen LogP contribution in [0.5, 0.6) is 0 Å². The zero-order valence-corrected chi connectivity index (χ0v) is 14.8. The Balaban J connectivity index is 1.83. The summed E-state index contributed by atoms with van der Waals surface area (Å²) in [5.74, 6) is 0. The second-order valence-electron chi connectivity index (χ2n) is 5.43. The highest BCUT2D eigenvalue weighted by molar-refractivity contribution is 7.79. The lowest BCUT2D eigenvalue weighted by molar-refractivity contribution is 0.588. The van der Waals surface area contributed by atoms with Gasteiger partial charge in [0.2, 0.25) is 0 Å². The zero-order valence-electron chi connectivity index (χ0n) is 12.9. The van der Waals surface area contributed by atoms with Crippen LogP contribution < -0.4 is 15.9 Å². The Bertz CT molecular complexity index is 727. The summed E-state index contributed by atoms with van der Waals surface area (Å²) in [7, 11) is -1.86. The number of benzene rings is 3. The molecule has 0 aromatic heterocycles. The molecule has 3 rings (SSSR count). The van der Waals surface area contributed by atoms with Crippen molar-refractivity contribution < 1.29 is 4.57 Å². The molecule has 1 unspecified atom stereocenters. The molecule has 0 saturated heterocycles. The molecular formula is C20H20OP2. The maximum Gasteiger partial charge on any atom is 0.143 e. The Hall–Kier alpha value is -1.68. The van der Waals surface area contributed by atoms with Crippen LogP contribution in [0.3, 0.4) is 0 Å². The van der Waals surface area contributed by atoms with Gasteiger partial charge in [0.05, 0.1) is 0 Å². The zero-order chi connectivity index (χ0) is 16.0. The van der Waals surface area contributed by atoms with Crippen LogP contribution in [0.15, 0.2) is 91.0 Å². The molecule has 0 radical (unpaired) electrons. The fourth-order valence-corrected chi connectivity index (χ4v) is 7.20. The van der Waals surface area contributed by atoms with E-state index in [1.54, 1.807) is 0 Å². The van der Waals surface area contributed by atoms with Gasteiger partial charge in [-0.05, 0) is 11.5 Å². The summed E-state index contributed by atoms with van der Waals surface area (Å²) in [5, 5.41) is 3.26. The predicted octanol–water partition coefficient (Wildman–Crippen LogP) is 4.00. The van der Waals surface area contributed by atoms with E-state index in [1.807, 2.05) is 66.7 Å². The van der Waals surface area contributed by atoms with Crippen LogP contribution in [0.1, 0.15) is 0 Å². The van der Waals surface area contributed by atoms with E-state index in [4.69, 9.17) is 0 Å². The van der Waals surface area contributed by atoms with Gasteiger partial charge in [-0.2, -0.15) is 0 Å². The van der Waals surface area contributed by atoms with E-state index < -0.39 is 7.14 Å². The van der Waals surface area contributed by atoms with Crippen molar-refractivity contribution in [2.75, 3.05) is 12.3 Å². The molecule has 0 aliphatic heterocycles. The van der Waals surface area contributed by atoms with Gasteiger partial charge < -0.3 is 4.57 Å². The SMILES string of the molecule is O=P(CCPc1ccccc1)(c1ccccc1)c1ccccc1. The third kappa shape index (κ3) is 3.99. The lowest BCUT2D eigenvalue weighted by atomic mass is 10.4. The molecule has 0 fully saturated rings. The van der Waals surface area contributed by atoms with Gasteiger partial charge in [0.15, 0.2) is 0 Å².